The quantitative estimate of drug-likeness (QED) is 0.638. The maximum absolute atomic E-state index is 14.0. The monoisotopic (exact) mass is 422 g/mol. The van der Waals surface area contributed by atoms with Crippen molar-refractivity contribution in [2.45, 2.75) is 12.8 Å². The molecule has 8 nitrogen and oxygen atoms in total. The van der Waals surface area contributed by atoms with Crippen LogP contribution in [-0.4, -0.2) is 53.5 Å². The van der Waals surface area contributed by atoms with Crippen LogP contribution in [0.1, 0.15) is 5.56 Å². The molecule has 1 unspecified atom stereocenters. The van der Waals surface area contributed by atoms with E-state index in [9.17, 15) is 14.0 Å². The normalized spacial score (nSPS) is 16.6. The molecule has 2 aromatic rings. The maximum atomic E-state index is 14.0. The van der Waals surface area contributed by atoms with Gasteiger partial charge in [0.05, 0.1) is 26.8 Å². The molecule has 1 atom stereocenters. The molecule has 1 fully saturated rings. The summed E-state index contributed by atoms with van der Waals surface area (Å²) in [5.41, 5.74) is 1.12. The Hall–Kier alpha value is -3.04. The smallest absolute Gasteiger partial charge is 0.331 e. The van der Waals surface area contributed by atoms with E-state index in [1.807, 2.05) is 0 Å². The van der Waals surface area contributed by atoms with Crippen LogP contribution in [0.25, 0.3) is 0 Å². The number of aliphatic hydroxyl groups is 1. The second kappa shape index (κ2) is 8.97. The number of imide groups is 1. The van der Waals surface area contributed by atoms with Crippen LogP contribution in [0.4, 0.5) is 19.7 Å². The summed E-state index contributed by atoms with van der Waals surface area (Å²) in [6, 6.07) is 9.85. The van der Waals surface area contributed by atoms with Crippen LogP contribution in [-0.2, 0) is 6.54 Å². The van der Waals surface area contributed by atoms with Gasteiger partial charge in [0.1, 0.15) is 0 Å². The molecule has 1 saturated heterocycles. The van der Waals surface area contributed by atoms with E-state index in [1.165, 1.54) is 24.1 Å². The van der Waals surface area contributed by atoms with E-state index in [1.54, 1.807) is 30.3 Å². The summed E-state index contributed by atoms with van der Waals surface area (Å²) in [6.07, 6.45) is -0.937. The Balaban J connectivity index is 1.86. The van der Waals surface area contributed by atoms with Crippen molar-refractivity contribution < 1.29 is 23.8 Å². The van der Waals surface area contributed by atoms with Crippen LogP contribution in [0.3, 0.4) is 0 Å². The fraction of sp³-hybridized carbons (Fsp3) is 0.263. The first-order chi connectivity index (χ1) is 13.9. The first-order valence-electron chi connectivity index (χ1n) is 8.77. The number of urea groups is 2. The van der Waals surface area contributed by atoms with Gasteiger partial charge in [-0.05, 0) is 29.8 Å². The molecule has 0 spiro atoms. The van der Waals surface area contributed by atoms with Gasteiger partial charge >= 0.3 is 12.1 Å². The SMILES string of the molecule is COc1ccc(NC2NC(=O)N(CCO)C(=O)N2Cc2ccc(Cl)cc2)cc1F. The lowest BCUT2D eigenvalue weighted by molar-refractivity contribution is 0.0992. The van der Waals surface area contributed by atoms with Gasteiger partial charge in [0.15, 0.2) is 17.9 Å². The fourth-order valence-corrected chi connectivity index (χ4v) is 3.02. The number of rotatable bonds is 7. The highest BCUT2D eigenvalue weighted by molar-refractivity contribution is 6.30. The Kier molecular flexibility index (Phi) is 6.40. The summed E-state index contributed by atoms with van der Waals surface area (Å²) < 4.78 is 18.9. The third kappa shape index (κ3) is 4.69. The molecule has 0 aromatic heterocycles. The van der Waals surface area contributed by atoms with Crippen LogP contribution in [0.2, 0.25) is 5.02 Å². The number of carbonyl (C=O) groups is 2. The summed E-state index contributed by atoms with van der Waals surface area (Å²) in [6.45, 7) is -0.365. The second-order valence-electron chi connectivity index (χ2n) is 6.26. The van der Waals surface area contributed by atoms with Crippen molar-refractivity contribution in [3.05, 3.63) is 58.9 Å². The molecule has 1 aliphatic heterocycles. The molecule has 3 rings (SSSR count). The highest BCUT2D eigenvalue weighted by Gasteiger charge is 2.38. The van der Waals surface area contributed by atoms with E-state index in [-0.39, 0.29) is 25.4 Å². The molecule has 0 saturated carbocycles. The Morgan fingerprint density at radius 3 is 2.59 bits per heavy atom. The van der Waals surface area contributed by atoms with Gasteiger partial charge in [0.25, 0.3) is 0 Å². The van der Waals surface area contributed by atoms with Crippen molar-refractivity contribution >= 4 is 29.4 Å². The minimum atomic E-state index is -0.937. The van der Waals surface area contributed by atoms with Crippen molar-refractivity contribution in [2.24, 2.45) is 0 Å². The van der Waals surface area contributed by atoms with Gasteiger partial charge in [0.2, 0.25) is 0 Å². The van der Waals surface area contributed by atoms with Gasteiger partial charge in [-0.25, -0.2) is 18.9 Å². The van der Waals surface area contributed by atoms with Crippen LogP contribution in [0.5, 0.6) is 5.75 Å². The molecule has 2 aromatic carbocycles. The zero-order valence-corrected chi connectivity index (χ0v) is 16.3. The van der Waals surface area contributed by atoms with Crippen molar-refractivity contribution in [3.63, 3.8) is 0 Å². The minimum absolute atomic E-state index is 0.0754. The number of nitrogens with one attached hydrogen (secondary N) is 2. The number of halogens is 2. The topological polar surface area (TPSA) is 94.1 Å². The van der Waals surface area contributed by atoms with Crippen LogP contribution >= 0.6 is 11.6 Å². The molecule has 3 N–H and O–H groups in total. The zero-order valence-electron chi connectivity index (χ0n) is 15.6. The van der Waals surface area contributed by atoms with Gasteiger partial charge < -0.3 is 15.2 Å². The van der Waals surface area contributed by atoms with Gasteiger partial charge in [-0.3, -0.25) is 10.2 Å². The molecule has 1 heterocycles. The number of ether oxygens (including phenoxy) is 1. The molecule has 10 heteroatoms. The Labute approximate surface area is 171 Å². The lowest BCUT2D eigenvalue weighted by Gasteiger charge is -2.41. The highest BCUT2D eigenvalue weighted by atomic mass is 35.5. The standard InChI is InChI=1S/C19H20ClFN4O4/c1-29-16-7-6-14(10-15(16)21)22-17-23-18(27)24(8-9-26)19(28)25(17)11-12-2-4-13(20)5-3-12/h2-7,10,17,22,26H,8-9,11H2,1H3,(H,23,27). The van der Waals surface area contributed by atoms with E-state index >= 15 is 0 Å². The molecule has 4 amide bonds. The Morgan fingerprint density at radius 1 is 1.24 bits per heavy atom. The second-order valence-corrected chi connectivity index (χ2v) is 6.69. The molecule has 0 bridgehead atoms. The van der Waals surface area contributed by atoms with Crippen molar-refractivity contribution in [3.8, 4) is 5.75 Å². The van der Waals surface area contributed by atoms with Gasteiger partial charge in [-0.15, -0.1) is 0 Å². The number of anilines is 1. The van der Waals surface area contributed by atoms with Gasteiger partial charge in [0, 0.05) is 16.8 Å². The van der Waals surface area contributed by atoms with E-state index in [4.69, 9.17) is 21.4 Å². The van der Waals surface area contributed by atoms with Crippen LogP contribution < -0.4 is 15.4 Å². The molecular formula is C19H20ClFN4O4. The molecule has 1 aliphatic rings. The first-order valence-corrected chi connectivity index (χ1v) is 9.14. The van der Waals surface area contributed by atoms with Gasteiger partial charge in [-0.1, -0.05) is 23.7 Å². The van der Waals surface area contributed by atoms with Gasteiger partial charge in [-0.2, -0.15) is 0 Å². The molecule has 0 aliphatic carbocycles. The zero-order chi connectivity index (χ0) is 21.0. The molecule has 154 valence electrons. The number of hydrogen-bond acceptors (Lipinski definition) is 5. The summed E-state index contributed by atoms with van der Waals surface area (Å²) in [4.78, 5) is 27.5. The number of amides is 4. The highest BCUT2D eigenvalue weighted by Crippen LogP contribution is 2.23. The lowest BCUT2D eigenvalue weighted by Crippen LogP contribution is -2.67. The number of carbonyl (C=O) groups excluding carboxylic acids is 2. The van der Waals surface area contributed by atoms with Crippen LogP contribution in [0.15, 0.2) is 42.5 Å². The molecular weight excluding hydrogens is 403 g/mol. The number of methoxy groups -OCH3 is 1. The number of aliphatic hydroxyl groups excluding tert-OH is 1. The average molecular weight is 423 g/mol. The maximum Gasteiger partial charge on any atom is 0.331 e. The molecule has 0 radical (unpaired) electrons. The lowest BCUT2D eigenvalue weighted by atomic mass is 10.2. The predicted molar refractivity (Wildman–Crippen MR) is 105 cm³/mol. The summed E-state index contributed by atoms with van der Waals surface area (Å²) >= 11 is 5.91. The fourth-order valence-electron chi connectivity index (χ4n) is 2.90. The van der Waals surface area contributed by atoms with Crippen molar-refractivity contribution in [1.82, 2.24) is 15.1 Å². The summed E-state index contributed by atoms with van der Waals surface area (Å²) in [7, 11) is 1.36. The Bertz CT molecular complexity index is 896. The van der Waals surface area contributed by atoms with E-state index in [0.717, 1.165) is 10.5 Å². The number of benzene rings is 2. The third-order valence-electron chi connectivity index (χ3n) is 4.34. The predicted octanol–water partition coefficient (Wildman–Crippen LogP) is 2.82. The third-order valence-corrected chi connectivity index (χ3v) is 4.59. The first kappa shape index (κ1) is 20.7. The largest absolute Gasteiger partial charge is 0.494 e. The number of β-amino-alcohol motifs (C(OH)–C–C–N with tert-alkyl or cyclic N) is 1. The average Bonchev–Trinajstić information content (AvgIpc) is 2.70. The summed E-state index contributed by atoms with van der Waals surface area (Å²) in [5.74, 6) is -0.511. The van der Waals surface area contributed by atoms with Crippen molar-refractivity contribution in [2.75, 3.05) is 25.6 Å². The Morgan fingerprint density at radius 2 is 1.97 bits per heavy atom. The van der Waals surface area contributed by atoms with E-state index < -0.39 is 24.2 Å². The molecule has 29 heavy (non-hydrogen) atoms. The number of nitrogens with zero attached hydrogens (tertiary/aromatic N) is 2. The van der Waals surface area contributed by atoms with E-state index in [0.29, 0.717) is 10.7 Å². The number of hydrogen-bond donors (Lipinski definition) is 3. The minimum Gasteiger partial charge on any atom is -0.494 e. The van der Waals surface area contributed by atoms with Crippen LogP contribution in [0, 0.1) is 5.82 Å². The van der Waals surface area contributed by atoms with E-state index in [2.05, 4.69) is 10.6 Å². The van der Waals surface area contributed by atoms with Crippen molar-refractivity contribution in [1.29, 1.82) is 0 Å². The summed E-state index contributed by atoms with van der Waals surface area (Å²) in [5, 5.41) is 15.3.